The van der Waals surface area contributed by atoms with E-state index < -0.39 is 0 Å². The molecule has 0 atom stereocenters. The summed E-state index contributed by atoms with van der Waals surface area (Å²) in [7, 11) is 4.09. The van der Waals surface area contributed by atoms with Crippen LogP contribution in [-0.4, -0.2) is 33.4 Å². The molecule has 2 aromatic rings. The highest BCUT2D eigenvalue weighted by Gasteiger charge is 2.05. The van der Waals surface area contributed by atoms with Crippen molar-refractivity contribution >= 4 is 5.52 Å². The van der Waals surface area contributed by atoms with E-state index in [4.69, 9.17) is 0 Å². The molecule has 2 rings (SSSR count). The van der Waals surface area contributed by atoms with Gasteiger partial charge in [0.25, 0.3) is 0 Å². The molecule has 0 bridgehead atoms. The molecule has 0 aliphatic rings. The summed E-state index contributed by atoms with van der Waals surface area (Å²) in [6.07, 6.45) is 5.57. The van der Waals surface area contributed by atoms with Gasteiger partial charge < -0.3 is 4.90 Å². The summed E-state index contributed by atoms with van der Waals surface area (Å²) in [6.45, 7) is 2.88. The van der Waals surface area contributed by atoms with Gasteiger partial charge in [0, 0.05) is 12.7 Å². The van der Waals surface area contributed by atoms with Crippen LogP contribution in [-0.2, 0) is 6.54 Å². The molecule has 4 nitrogen and oxygen atoms in total. The number of hydrogen-bond acceptors (Lipinski definition) is 3. The molecule has 0 fully saturated rings. The largest absolute Gasteiger partial charge is 0.304 e. The third kappa shape index (κ3) is 1.48. The maximum Gasteiger partial charge on any atom is 0.110 e. The van der Waals surface area contributed by atoms with Crippen molar-refractivity contribution < 1.29 is 0 Å². The fourth-order valence-corrected chi connectivity index (χ4v) is 1.62. The van der Waals surface area contributed by atoms with E-state index in [1.54, 1.807) is 0 Å². The van der Waals surface area contributed by atoms with E-state index in [0.717, 1.165) is 17.9 Å². The second-order valence-electron chi connectivity index (χ2n) is 3.70. The van der Waals surface area contributed by atoms with Gasteiger partial charge in [0.15, 0.2) is 0 Å². The quantitative estimate of drug-likeness (QED) is 0.711. The van der Waals surface area contributed by atoms with Crippen molar-refractivity contribution in [3.05, 3.63) is 30.1 Å². The monoisotopic (exact) mass is 190 g/mol. The van der Waals surface area contributed by atoms with Crippen molar-refractivity contribution in [2.75, 3.05) is 14.1 Å². The molecule has 0 radical (unpaired) electrons. The van der Waals surface area contributed by atoms with Crippen LogP contribution in [0.5, 0.6) is 0 Å². The summed E-state index contributed by atoms with van der Waals surface area (Å²) in [5, 5.41) is 0. The molecule has 0 amide bonds. The summed E-state index contributed by atoms with van der Waals surface area (Å²) in [5.41, 5.74) is 2.23. The maximum atomic E-state index is 4.27. The highest BCUT2D eigenvalue weighted by Crippen LogP contribution is 2.09. The second-order valence-corrected chi connectivity index (χ2v) is 3.70. The van der Waals surface area contributed by atoms with E-state index in [1.165, 1.54) is 5.69 Å². The maximum absolute atomic E-state index is 4.27. The van der Waals surface area contributed by atoms with Crippen molar-refractivity contribution in [2.45, 2.75) is 13.5 Å². The molecule has 0 aromatic carbocycles. The topological polar surface area (TPSA) is 33.4 Å². The van der Waals surface area contributed by atoms with Gasteiger partial charge in [-0.25, -0.2) is 4.98 Å². The lowest BCUT2D eigenvalue weighted by Crippen LogP contribution is -2.14. The predicted octanol–water partition coefficient (Wildman–Crippen LogP) is 1.10. The van der Waals surface area contributed by atoms with Gasteiger partial charge in [0.1, 0.15) is 5.82 Å². The lowest BCUT2D eigenvalue weighted by Gasteiger charge is -2.11. The van der Waals surface area contributed by atoms with E-state index in [9.17, 15) is 0 Å². The number of aryl methyl sites for hydroxylation is 1. The molecular weight excluding hydrogens is 176 g/mol. The third-order valence-corrected chi connectivity index (χ3v) is 2.16. The number of aromatic nitrogens is 3. The zero-order valence-corrected chi connectivity index (χ0v) is 8.73. The zero-order valence-electron chi connectivity index (χ0n) is 8.73. The van der Waals surface area contributed by atoms with E-state index in [1.807, 2.05) is 39.6 Å². The molecule has 0 aliphatic heterocycles. The fourth-order valence-electron chi connectivity index (χ4n) is 1.62. The van der Waals surface area contributed by atoms with Crippen LogP contribution in [0.25, 0.3) is 5.52 Å². The standard InChI is InChI=1S/C10H14N4/c1-8-12-6-9-4-11-5-10(14(8)9)7-13(2)3/h4-6H,7H2,1-3H3. The Balaban J connectivity index is 2.57. The van der Waals surface area contributed by atoms with Gasteiger partial charge in [-0.15, -0.1) is 0 Å². The van der Waals surface area contributed by atoms with Crippen LogP contribution in [0, 0.1) is 6.92 Å². The Bertz CT molecular complexity index is 444. The molecule has 2 heterocycles. The molecule has 0 spiro atoms. The third-order valence-electron chi connectivity index (χ3n) is 2.16. The average molecular weight is 190 g/mol. The Morgan fingerprint density at radius 1 is 1.29 bits per heavy atom. The molecule has 2 aromatic heterocycles. The molecule has 0 aliphatic carbocycles. The van der Waals surface area contributed by atoms with E-state index in [2.05, 4.69) is 19.3 Å². The number of fused-ring (bicyclic) bond motifs is 1. The van der Waals surface area contributed by atoms with Gasteiger partial charge in [-0.1, -0.05) is 0 Å². The second kappa shape index (κ2) is 3.38. The van der Waals surface area contributed by atoms with Crippen molar-refractivity contribution in [3.63, 3.8) is 0 Å². The highest BCUT2D eigenvalue weighted by atomic mass is 15.1. The molecule has 0 saturated heterocycles. The molecule has 0 unspecified atom stereocenters. The van der Waals surface area contributed by atoms with Gasteiger partial charge in [-0.2, -0.15) is 0 Å². The van der Waals surface area contributed by atoms with Crippen molar-refractivity contribution in [1.82, 2.24) is 19.3 Å². The summed E-state index contributed by atoms with van der Waals surface area (Å²) in [5.74, 6) is 1.01. The summed E-state index contributed by atoms with van der Waals surface area (Å²) in [4.78, 5) is 10.6. The molecular formula is C10H14N4. The minimum Gasteiger partial charge on any atom is -0.304 e. The predicted molar refractivity (Wildman–Crippen MR) is 55.1 cm³/mol. The molecule has 4 heteroatoms. The van der Waals surface area contributed by atoms with E-state index in [0.29, 0.717) is 0 Å². The van der Waals surface area contributed by atoms with Gasteiger partial charge in [-0.3, -0.25) is 9.38 Å². The number of hydrogen-bond donors (Lipinski definition) is 0. The van der Waals surface area contributed by atoms with Gasteiger partial charge in [-0.05, 0) is 21.0 Å². The Morgan fingerprint density at radius 3 is 2.79 bits per heavy atom. The van der Waals surface area contributed by atoms with Crippen LogP contribution in [0.15, 0.2) is 18.6 Å². The van der Waals surface area contributed by atoms with Crippen LogP contribution in [0.2, 0.25) is 0 Å². The van der Waals surface area contributed by atoms with Gasteiger partial charge in [0.05, 0.1) is 23.6 Å². The Kier molecular flexibility index (Phi) is 2.21. The number of nitrogens with zero attached hydrogens (tertiary/aromatic N) is 4. The van der Waals surface area contributed by atoms with Crippen molar-refractivity contribution in [3.8, 4) is 0 Å². The van der Waals surface area contributed by atoms with Crippen LogP contribution < -0.4 is 0 Å². The summed E-state index contributed by atoms with van der Waals surface area (Å²) >= 11 is 0. The SMILES string of the molecule is Cc1ncc2cncc(CN(C)C)n12. The Morgan fingerprint density at radius 2 is 2.07 bits per heavy atom. The zero-order chi connectivity index (χ0) is 10.1. The fraction of sp³-hybridized carbons (Fsp3) is 0.400. The van der Waals surface area contributed by atoms with E-state index >= 15 is 0 Å². The Labute approximate surface area is 83.2 Å². The lowest BCUT2D eigenvalue weighted by molar-refractivity contribution is 0.393. The average Bonchev–Trinajstić information content (AvgIpc) is 2.48. The summed E-state index contributed by atoms with van der Waals surface area (Å²) < 4.78 is 2.13. The number of imidazole rings is 1. The number of rotatable bonds is 2. The molecule has 0 saturated carbocycles. The minimum atomic E-state index is 0.877. The van der Waals surface area contributed by atoms with Crippen molar-refractivity contribution in [1.29, 1.82) is 0 Å². The summed E-state index contributed by atoms with van der Waals surface area (Å²) in [6, 6.07) is 0. The van der Waals surface area contributed by atoms with Crippen molar-refractivity contribution in [2.24, 2.45) is 0 Å². The van der Waals surface area contributed by atoms with Crippen LogP contribution in [0.3, 0.4) is 0 Å². The van der Waals surface area contributed by atoms with Crippen LogP contribution >= 0.6 is 0 Å². The minimum absolute atomic E-state index is 0.877. The lowest BCUT2D eigenvalue weighted by atomic mass is 10.4. The van der Waals surface area contributed by atoms with E-state index in [-0.39, 0.29) is 0 Å². The highest BCUT2D eigenvalue weighted by molar-refractivity contribution is 5.44. The van der Waals surface area contributed by atoms with Gasteiger partial charge in [0.2, 0.25) is 0 Å². The first kappa shape index (κ1) is 9.15. The van der Waals surface area contributed by atoms with Gasteiger partial charge >= 0.3 is 0 Å². The normalized spacial score (nSPS) is 11.4. The first-order valence-corrected chi connectivity index (χ1v) is 4.60. The van der Waals surface area contributed by atoms with Crippen LogP contribution in [0.1, 0.15) is 11.5 Å². The molecule has 74 valence electrons. The Hall–Kier alpha value is -1.42. The van der Waals surface area contributed by atoms with Crippen LogP contribution in [0.4, 0.5) is 0 Å². The smallest absolute Gasteiger partial charge is 0.110 e. The first-order valence-electron chi connectivity index (χ1n) is 4.60. The molecule has 0 N–H and O–H groups in total. The first-order chi connectivity index (χ1) is 6.68. The molecule has 14 heavy (non-hydrogen) atoms.